The summed E-state index contributed by atoms with van der Waals surface area (Å²) < 4.78 is 8.91. The predicted molar refractivity (Wildman–Crippen MR) is 99.2 cm³/mol. The second-order valence-corrected chi connectivity index (χ2v) is 7.30. The van der Waals surface area contributed by atoms with Crippen LogP contribution < -0.4 is 5.32 Å². The third-order valence-corrected chi connectivity index (χ3v) is 3.84. The zero-order valence-corrected chi connectivity index (χ0v) is 16.2. The van der Waals surface area contributed by atoms with Crippen molar-refractivity contribution in [2.24, 2.45) is 7.05 Å². The number of aromatic nitrogens is 3. The summed E-state index contributed by atoms with van der Waals surface area (Å²) in [5, 5.41) is 7.01. The fourth-order valence-corrected chi connectivity index (χ4v) is 2.64. The van der Waals surface area contributed by atoms with E-state index in [9.17, 15) is 9.59 Å². The van der Waals surface area contributed by atoms with E-state index in [0.29, 0.717) is 17.8 Å². The zero-order chi connectivity index (χ0) is 19.3. The summed E-state index contributed by atoms with van der Waals surface area (Å²) in [4.78, 5) is 25.3. The van der Waals surface area contributed by atoms with Gasteiger partial charge in [-0.15, -0.1) is 0 Å². The summed E-state index contributed by atoms with van der Waals surface area (Å²) in [6.07, 6.45) is 7.48. The number of hydrogen-bond acceptors (Lipinski definition) is 4. The number of amides is 1. The molecule has 7 heteroatoms. The van der Waals surface area contributed by atoms with Crippen molar-refractivity contribution in [3.8, 4) is 5.82 Å². The van der Waals surface area contributed by atoms with Crippen LogP contribution in [0.1, 0.15) is 57.3 Å². The number of unbranched alkanes of at least 4 members (excludes halogenated alkanes) is 1. The molecule has 0 saturated carbocycles. The van der Waals surface area contributed by atoms with E-state index in [4.69, 9.17) is 4.74 Å². The van der Waals surface area contributed by atoms with Crippen LogP contribution in [0, 0.1) is 0 Å². The van der Waals surface area contributed by atoms with E-state index < -0.39 is 17.6 Å². The van der Waals surface area contributed by atoms with Gasteiger partial charge >= 0.3 is 5.97 Å². The van der Waals surface area contributed by atoms with E-state index >= 15 is 0 Å². The molecule has 2 rings (SSSR count). The van der Waals surface area contributed by atoms with Gasteiger partial charge in [0.05, 0.1) is 6.20 Å². The monoisotopic (exact) mass is 360 g/mol. The molecule has 0 aromatic carbocycles. The van der Waals surface area contributed by atoms with Gasteiger partial charge in [-0.25, -0.2) is 4.79 Å². The molecule has 0 spiro atoms. The number of hydrogen-bond donors (Lipinski definition) is 1. The molecule has 0 aliphatic rings. The SMILES string of the molecule is CCCC[C@H](NC(=O)c1cnn(C)c1-n1cccc1)C(=O)OC(C)(C)C. The minimum Gasteiger partial charge on any atom is -0.458 e. The number of carbonyl (C=O) groups is 2. The largest absolute Gasteiger partial charge is 0.458 e. The second kappa shape index (κ2) is 8.21. The fraction of sp³-hybridized carbons (Fsp3) is 0.526. The number of esters is 1. The molecule has 0 aliphatic heterocycles. The zero-order valence-electron chi connectivity index (χ0n) is 16.2. The number of nitrogens with one attached hydrogen (secondary N) is 1. The van der Waals surface area contributed by atoms with Crippen molar-refractivity contribution in [2.45, 2.75) is 58.6 Å². The van der Waals surface area contributed by atoms with Crippen molar-refractivity contribution >= 4 is 11.9 Å². The maximum absolute atomic E-state index is 12.8. The van der Waals surface area contributed by atoms with Gasteiger partial charge in [0.25, 0.3) is 5.91 Å². The fourth-order valence-electron chi connectivity index (χ4n) is 2.64. The molecule has 1 atom stereocenters. The molecule has 0 aliphatic carbocycles. The third kappa shape index (κ3) is 4.97. The first-order valence-corrected chi connectivity index (χ1v) is 8.92. The maximum Gasteiger partial charge on any atom is 0.329 e. The number of carbonyl (C=O) groups excluding carboxylic acids is 2. The molecular weight excluding hydrogens is 332 g/mol. The third-order valence-electron chi connectivity index (χ3n) is 3.84. The van der Waals surface area contributed by atoms with Gasteiger partial charge in [-0.05, 0) is 39.3 Å². The summed E-state index contributed by atoms with van der Waals surface area (Å²) in [5.74, 6) is -0.106. The highest BCUT2D eigenvalue weighted by Crippen LogP contribution is 2.16. The highest BCUT2D eigenvalue weighted by Gasteiger charge is 2.28. The highest BCUT2D eigenvalue weighted by molar-refractivity contribution is 5.99. The molecule has 1 N–H and O–H groups in total. The van der Waals surface area contributed by atoms with Crippen LogP contribution in [0.5, 0.6) is 0 Å². The van der Waals surface area contributed by atoms with E-state index in [1.807, 2.05) is 56.8 Å². The lowest BCUT2D eigenvalue weighted by Gasteiger charge is -2.24. The van der Waals surface area contributed by atoms with Gasteiger partial charge in [0.2, 0.25) is 0 Å². The maximum atomic E-state index is 12.8. The van der Waals surface area contributed by atoms with Gasteiger partial charge in [-0.3, -0.25) is 9.48 Å². The van der Waals surface area contributed by atoms with E-state index in [1.54, 1.807) is 11.7 Å². The van der Waals surface area contributed by atoms with Crippen molar-refractivity contribution < 1.29 is 14.3 Å². The lowest BCUT2D eigenvalue weighted by Crippen LogP contribution is -2.44. The first-order chi connectivity index (χ1) is 12.2. The molecule has 2 aromatic heterocycles. The van der Waals surface area contributed by atoms with Crippen molar-refractivity contribution in [3.05, 3.63) is 36.3 Å². The predicted octanol–water partition coefficient (Wildman–Crippen LogP) is 2.84. The average molecular weight is 360 g/mol. The van der Waals surface area contributed by atoms with E-state index in [-0.39, 0.29) is 5.91 Å². The summed E-state index contributed by atoms with van der Waals surface area (Å²) in [6.45, 7) is 7.48. The van der Waals surface area contributed by atoms with E-state index in [2.05, 4.69) is 10.4 Å². The molecule has 2 heterocycles. The lowest BCUT2D eigenvalue weighted by molar-refractivity contribution is -0.157. The van der Waals surface area contributed by atoms with Crippen LogP contribution >= 0.6 is 0 Å². The van der Waals surface area contributed by atoms with Gasteiger partial charge in [-0.2, -0.15) is 5.10 Å². The van der Waals surface area contributed by atoms with Crippen LogP contribution in [0.3, 0.4) is 0 Å². The molecule has 142 valence electrons. The summed E-state index contributed by atoms with van der Waals surface area (Å²) >= 11 is 0. The van der Waals surface area contributed by atoms with Crippen molar-refractivity contribution in [1.29, 1.82) is 0 Å². The molecule has 0 saturated heterocycles. The first-order valence-electron chi connectivity index (χ1n) is 8.92. The Labute approximate surface area is 154 Å². The summed E-state index contributed by atoms with van der Waals surface area (Å²) in [6, 6.07) is 3.07. The molecule has 0 radical (unpaired) electrons. The minimum atomic E-state index is -0.681. The molecule has 7 nitrogen and oxygen atoms in total. The van der Waals surface area contributed by atoms with Crippen LogP contribution in [0.4, 0.5) is 0 Å². The van der Waals surface area contributed by atoms with Gasteiger partial charge in [0, 0.05) is 19.4 Å². The molecule has 0 fully saturated rings. The average Bonchev–Trinajstić information content (AvgIpc) is 3.18. The van der Waals surface area contributed by atoms with Crippen LogP contribution in [0.25, 0.3) is 5.82 Å². The Morgan fingerprint density at radius 1 is 1.27 bits per heavy atom. The Balaban J connectivity index is 2.21. The molecule has 1 amide bonds. The standard InChI is InChI=1S/C19H28N4O3/c1-6-7-10-15(18(25)26-19(2,3)4)21-16(24)14-13-20-22(5)17(14)23-11-8-9-12-23/h8-9,11-13,15H,6-7,10H2,1-5H3,(H,21,24)/t15-/m0/s1. The number of nitrogens with zero attached hydrogens (tertiary/aromatic N) is 3. The van der Waals surface area contributed by atoms with Crippen molar-refractivity contribution in [2.75, 3.05) is 0 Å². The smallest absolute Gasteiger partial charge is 0.329 e. The van der Waals surface area contributed by atoms with Crippen LogP contribution in [0.15, 0.2) is 30.7 Å². The van der Waals surface area contributed by atoms with Crippen molar-refractivity contribution in [3.63, 3.8) is 0 Å². The molecule has 2 aromatic rings. The van der Waals surface area contributed by atoms with E-state index in [0.717, 1.165) is 12.8 Å². The molecular formula is C19H28N4O3. The first kappa shape index (κ1) is 19.8. The molecule has 0 bridgehead atoms. The number of aryl methyl sites for hydroxylation is 1. The Kier molecular flexibility index (Phi) is 6.23. The topological polar surface area (TPSA) is 78.2 Å². The number of ether oxygens (including phenoxy) is 1. The quantitative estimate of drug-likeness (QED) is 0.770. The van der Waals surface area contributed by atoms with Gasteiger partial charge in [0.15, 0.2) is 0 Å². The van der Waals surface area contributed by atoms with Gasteiger partial charge in [0.1, 0.15) is 23.0 Å². The summed E-state index contributed by atoms with van der Waals surface area (Å²) in [5.41, 5.74) is -0.189. The molecule has 26 heavy (non-hydrogen) atoms. The highest BCUT2D eigenvalue weighted by atomic mass is 16.6. The van der Waals surface area contributed by atoms with Crippen LogP contribution in [-0.2, 0) is 16.6 Å². The Hall–Kier alpha value is -2.57. The van der Waals surface area contributed by atoms with E-state index in [1.165, 1.54) is 6.20 Å². The Bertz CT molecular complexity index is 741. The lowest BCUT2D eigenvalue weighted by atomic mass is 10.1. The van der Waals surface area contributed by atoms with Gasteiger partial charge in [-0.1, -0.05) is 19.8 Å². The Morgan fingerprint density at radius 2 is 1.92 bits per heavy atom. The summed E-state index contributed by atoms with van der Waals surface area (Å²) in [7, 11) is 1.77. The second-order valence-electron chi connectivity index (χ2n) is 7.30. The normalized spacial score (nSPS) is 12.7. The Morgan fingerprint density at radius 3 is 2.50 bits per heavy atom. The van der Waals surface area contributed by atoms with Crippen LogP contribution in [0.2, 0.25) is 0 Å². The number of rotatable bonds is 7. The minimum absolute atomic E-state index is 0.339. The van der Waals surface area contributed by atoms with Crippen molar-refractivity contribution in [1.82, 2.24) is 19.7 Å². The van der Waals surface area contributed by atoms with Crippen LogP contribution in [-0.4, -0.2) is 37.9 Å². The van der Waals surface area contributed by atoms with Gasteiger partial charge < -0.3 is 14.6 Å². The molecule has 0 unspecified atom stereocenters.